The topological polar surface area (TPSA) is 73.2 Å². The molecule has 2 amide bonds. The first-order chi connectivity index (χ1) is 10.0. The van der Waals surface area contributed by atoms with Crippen LogP contribution in [0.2, 0.25) is 0 Å². The number of nitriles is 1. The molecule has 21 heavy (non-hydrogen) atoms. The van der Waals surface area contributed by atoms with Gasteiger partial charge < -0.3 is 10.2 Å². The molecule has 1 aromatic rings. The average molecular weight is 289 g/mol. The molecule has 1 atom stereocenters. The highest BCUT2D eigenvalue weighted by molar-refractivity contribution is 6.00. The third-order valence-corrected chi connectivity index (χ3v) is 3.41. The van der Waals surface area contributed by atoms with Gasteiger partial charge in [-0.2, -0.15) is 5.26 Å². The van der Waals surface area contributed by atoms with E-state index in [1.165, 1.54) is 11.0 Å². The number of rotatable bonds is 3. The second-order valence-electron chi connectivity index (χ2n) is 5.04. The number of nitrogens with zero attached hydrogens (tertiary/aromatic N) is 2. The predicted molar refractivity (Wildman–Crippen MR) is 74.9 cm³/mol. The standard InChI is InChI=1S/C15H16FN3O2/c1-10-4-5-11(16)13(9-10)19-8-2-3-12(15(19)21)18-14(20)6-7-17/h4-5,9,12H,2-3,6,8H2,1H3,(H,18,20)/t12-/m1/s1. The lowest BCUT2D eigenvalue weighted by molar-refractivity contribution is -0.128. The number of carbonyl (C=O) groups is 2. The van der Waals surface area contributed by atoms with E-state index in [9.17, 15) is 14.0 Å². The summed E-state index contributed by atoms with van der Waals surface area (Å²) in [6.07, 6.45) is 0.874. The summed E-state index contributed by atoms with van der Waals surface area (Å²) in [6.45, 7) is 2.24. The van der Waals surface area contributed by atoms with Gasteiger partial charge in [-0.1, -0.05) is 6.07 Å². The smallest absolute Gasteiger partial charge is 0.249 e. The lowest BCUT2D eigenvalue weighted by Gasteiger charge is -2.32. The van der Waals surface area contributed by atoms with Gasteiger partial charge in [-0.15, -0.1) is 0 Å². The summed E-state index contributed by atoms with van der Waals surface area (Å²) < 4.78 is 13.9. The third-order valence-electron chi connectivity index (χ3n) is 3.41. The van der Waals surface area contributed by atoms with Gasteiger partial charge in [-0.05, 0) is 37.5 Å². The average Bonchev–Trinajstić information content (AvgIpc) is 2.44. The Hall–Kier alpha value is -2.42. The monoisotopic (exact) mass is 289 g/mol. The van der Waals surface area contributed by atoms with Crippen molar-refractivity contribution in [1.82, 2.24) is 5.32 Å². The van der Waals surface area contributed by atoms with E-state index < -0.39 is 17.8 Å². The summed E-state index contributed by atoms with van der Waals surface area (Å²) in [5, 5.41) is 11.0. The van der Waals surface area contributed by atoms with Crippen LogP contribution in [0.3, 0.4) is 0 Å². The molecule has 0 aromatic heterocycles. The molecule has 0 spiro atoms. The van der Waals surface area contributed by atoms with Crippen molar-refractivity contribution in [2.45, 2.75) is 32.2 Å². The first kappa shape index (κ1) is 15.0. The fourth-order valence-electron chi connectivity index (χ4n) is 2.40. The van der Waals surface area contributed by atoms with Gasteiger partial charge in [-0.3, -0.25) is 9.59 Å². The fraction of sp³-hybridized carbons (Fsp3) is 0.400. The van der Waals surface area contributed by atoms with Crippen LogP contribution in [-0.4, -0.2) is 24.4 Å². The molecule has 110 valence electrons. The Bertz CT molecular complexity index is 609. The summed E-state index contributed by atoms with van der Waals surface area (Å²) in [5.74, 6) is -1.28. The number of amides is 2. The molecule has 1 fully saturated rings. The molecule has 0 saturated carbocycles. The van der Waals surface area contributed by atoms with Gasteiger partial charge in [0.05, 0.1) is 11.8 Å². The minimum Gasteiger partial charge on any atom is -0.343 e. The molecule has 0 radical (unpaired) electrons. The summed E-state index contributed by atoms with van der Waals surface area (Å²) >= 11 is 0. The summed E-state index contributed by atoms with van der Waals surface area (Å²) in [5.41, 5.74) is 1.09. The summed E-state index contributed by atoms with van der Waals surface area (Å²) in [7, 11) is 0. The molecule has 1 aromatic carbocycles. The van der Waals surface area contributed by atoms with E-state index in [0.29, 0.717) is 19.4 Å². The Balaban J connectivity index is 2.18. The first-order valence-electron chi connectivity index (χ1n) is 6.77. The molecule has 0 unspecified atom stereocenters. The fourth-order valence-corrected chi connectivity index (χ4v) is 2.40. The normalized spacial score (nSPS) is 18.2. The van der Waals surface area contributed by atoms with E-state index >= 15 is 0 Å². The lowest BCUT2D eigenvalue weighted by Crippen LogP contribution is -2.52. The Kier molecular flexibility index (Phi) is 4.53. The van der Waals surface area contributed by atoms with E-state index in [1.54, 1.807) is 18.2 Å². The number of anilines is 1. The highest BCUT2D eigenvalue weighted by Gasteiger charge is 2.31. The van der Waals surface area contributed by atoms with Crippen LogP contribution in [0, 0.1) is 24.1 Å². The van der Waals surface area contributed by atoms with Gasteiger partial charge in [0, 0.05) is 6.54 Å². The second-order valence-corrected chi connectivity index (χ2v) is 5.04. The van der Waals surface area contributed by atoms with E-state index in [0.717, 1.165) is 5.56 Å². The van der Waals surface area contributed by atoms with E-state index in [4.69, 9.17) is 5.26 Å². The zero-order valence-electron chi connectivity index (χ0n) is 11.7. The van der Waals surface area contributed by atoms with Crippen LogP contribution < -0.4 is 10.2 Å². The van der Waals surface area contributed by atoms with Crippen LogP contribution in [0.1, 0.15) is 24.8 Å². The minimum atomic E-state index is -0.695. The number of aryl methyl sites for hydroxylation is 1. The molecule has 1 aliphatic heterocycles. The Labute approximate surface area is 122 Å². The van der Waals surface area contributed by atoms with Crippen LogP contribution in [0.4, 0.5) is 10.1 Å². The molecule has 0 aliphatic carbocycles. The van der Waals surface area contributed by atoms with Gasteiger partial charge >= 0.3 is 0 Å². The molecule has 5 nitrogen and oxygen atoms in total. The van der Waals surface area contributed by atoms with Crippen molar-refractivity contribution < 1.29 is 14.0 Å². The van der Waals surface area contributed by atoms with Crippen LogP contribution in [0.5, 0.6) is 0 Å². The van der Waals surface area contributed by atoms with Crippen molar-refractivity contribution in [1.29, 1.82) is 5.26 Å². The summed E-state index contributed by atoms with van der Waals surface area (Å²) in [6, 6.07) is 5.62. The number of benzene rings is 1. The Morgan fingerprint density at radius 3 is 3.05 bits per heavy atom. The SMILES string of the molecule is Cc1ccc(F)c(N2CCC[C@@H](NC(=O)CC#N)C2=O)c1. The summed E-state index contributed by atoms with van der Waals surface area (Å²) in [4.78, 5) is 25.2. The van der Waals surface area contributed by atoms with Crippen molar-refractivity contribution >= 4 is 17.5 Å². The quantitative estimate of drug-likeness (QED) is 0.919. The number of halogens is 1. The molecular weight excluding hydrogens is 273 g/mol. The van der Waals surface area contributed by atoms with E-state index in [2.05, 4.69) is 5.32 Å². The molecule has 1 heterocycles. The lowest BCUT2D eigenvalue weighted by atomic mass is 10.0. The van der Waals surface area contributed by atoms with Gasteiger partial charge in [-0.25, -0.2) is 4.39 Å². The highest BCUT2D eigenvalue weighted by atomic mass is 19.1. The van der Waals surface area contributed by atoms with E-state index in [1.807, 2.05) is 6.92 Å². The first-order valence-corrected chi connectivity index (χ1v) is 6.77. The predicted octanol–water partition coefficient (Wildman–Crippen LogP) is 1.66. The molecule has 2 rings (SSSR count). The second kappa shape index (κ2) is 6.35. The largest absolute Gasteiger partial charge is 0.343 e. The number of carbonyl (C=O) groups excluding carboxylic acids is 2. The van der Waals surface area contributed by atoms with Crippen LogP contribution in [0.25, 0.3) is 0 Å². The van der Waals surface area contributed by atoms with Crippen molar-refractivity contribution in [2.75, 3.05) is 11.4 Å². The molecular formula is C15H16FN3O2. The Morgan fingerprint density at radius 2 is 2.33 bits per heavy atom. The van der Waals surface area contributed by atoms with E-state index in [-0.39, 0.29) is 18.0 Å². The van der Waals surface area contributed by atoms with Gasteiger partial charge in [0.15, 0.2) is 0 Å². The minimum absolute atomic E-state index is 0.235. The maximum atomic E-state index is 13.9. The molecule has 1 saturated heterocycles. The maximum Gasteiger partial charge on any atom is 0.249 e. The van der Waals surface area contributed by atoms with Crippen molar-refractivity contribution in [3.05, 3.63) is 29.6 Å². The van der Waals surface area contributed by atoms with Gasteiger partial charge in [0.1, 0.15) is 18.3 Å². The molecule has 1 aliphatic rings. The van der Waals surface area contributed by atoms with Gasteiger partial charge in [0.25, 0.3) is 0 Å². The number of hydrogen-bond acceptors (Lipinski definition) is 3. The van der Waals surface area contributed by atoms with Crippen LogP contribution in [-0.2, 0) is 9.59 Å². The third kappa shape index (κ3) is 3.37. The molecule has 0 bridgehead atoms. The Morgan fingerprint density at radius 1 is 1.57 bits per heavy atom. The molecule has 6 heteroatoms. The molecule has 1 N–H and O–H groups in total. The van der Waals surface area contributed by atoms with Crippen molar-refractivity contribution in [3.63, 3.8) is 0 Å². The van der Waals surface area contributed by atoms with Crippen LogP contribution in [0.15, 0.2) is 18.2 Å². The van der Waals surface area contributed by atoms with Gasteiger partial charge in [0.2, 0.25) is 11.8 Å². The van der Waals surface area contributed by atoms with Crippen molar-refractivity contribution in [2.24, 2.45) is 0 Å². The zero-order valence-corrected chi connectivity index (χ0v) is 11.7. The van der Waals surface area contributed by atoms with Crippen molar-refractivity contribution in [3.8, 4) is 6.07 Å². The highest BCUT2D eigenvalue weighted by Crippen LogP contribution is 2.25. The number of nitrogens with one attached hydrogen (secondary N) is 1. The number of hydrogen-bond donors (Lipinski definition) is 1. The number of piperidine rings is 1. The maximum absolute atomic E-state index is 13.9. The van der Waals surface area contributed by atoms with Crippen LogP contribution >= 0.6 is 0 Å². The zero-order chi connectivity index (χ0) is 15.4.